The van der Waals surface area contributed by atoms with Gasteiger partial charge in [-0.1, -0.05) is 19.8 Å². The molecular formula is C9H19NO2S. The van der Waals surface area contributed by atoms with Gasteiger partial charge >= 0.3 is 0 Å². The molecular weight excluding hydrogens is 186 g/mol. The van der Waals surface area contributed by atoms with E-state index in [1.807, 2.05) is 7.05 Å². The van der Waals surface area contributed by atoms with Gasteiger partial charge < -0.3 is 5.32 Å². The topological polar surface area (TPSA) is 46.2 Å². The first-order valence-electron chi connectivity index (χ1n) is 5.00. The van der Waals surface area contributed by atoms with Gasteiger partial charge in [-0.2, -0.15) is 0 Å². The predicted octanol–water partition coefficient (Wildman–Crippen LogP) is 0.952. The van der Waals surface area contributed by atoms with Gasteiger partial charge in [0.2, 0.25) is 0 Å². The number of rotatable bonds is 3. The summed E-state index contributed by atoms with van der Waals surface area (Å²) in [5.41, 5.74) is 0. The van der Waals surface area contributed by atoms with Crippen molar-refractivity contribution in [2.75, 3.05) is 12.8 Å². The second-order valence-electron chi connectivity index (χ2n) is 3.67. The molecule has 13 heavy (non-hydrogen) atoms. The van der Waals surface area contributed by atoms with Crippen molar-refractivity contribution < 1.29 is 8.42 Å². The zero-order valence-corrected chi connectivity index (χ0v) is 9.23. The molecule has 0 saturated heterocycles. The van der Waals surface area contributed by atoms with E-state index in [0.717, 1.165) is 25.7 Å². The molecule has 78 valence electrons. The van der Waals surface area contributed by atoms with Crippen molar-refractivity contribution in [2.24, 2.45) is 0 Å². The Morgan fingerprint density at radius 1 is 1.31 bits per heavy atom. The summed E-state index contributed by atoms with van der Waals surface area (Å²) in [6.45, 7) is 1.73. The van der Waals surface area contributed by atoms with Crippen molar-refractivity contribution in [3.63, 3.8) is 0 Å². The highest BCUT2D eigenvalue weighted by molar-refractivity contribution is 7.92. The highest BCUT2D eigenvalue weighted by Gasteiger charge is 2.33. The number of hydrogen-bond acceptors (Lipinski definition) is 3. The molecule has 0 aromatic heterocycles. The fraction of sp³-hybridized carbons (Fsp3) is 1.00. The van der Waals surface area contributed by atoms with Crippen LogP contribution in [0.5, 0.6) is 0 Å². The van der Waals surface area contributed by atoms with Crippen molar-refractivity contribution in [3.8, 4) is 0 Å². The first-order chi connectivity index (χ1) is 6.11. The molecule has 0 amide bonds. The van der Waals surface area contributed by atoms with E-state index < -0.39 is 9.84 Å². The third-order valence-corrected chi connectivity index (χ3v) is 5.23. The molecule has 4 heteroatoms. The maximum absolute atomic E-state index is 11.7. The van der Waals surface area contributed by atoms with Gasteiger partial charge in [-0.25, -0.2) is 8.42 Å². The SMILES string of the molecule is CCS(=O)(=O)C1CCCCC1NC. The van der Waals surface area contributed by atoms with Gasteiger partial charge in [0.05, 0.1) is 5.25 Å². The third kappa shape index (κ3) is 2.44. The van der Waals surface area contributed by atoms with Gasteiger partial charge in [0.1, 0.15) is 0 Å². The quantitative estimate of drug-likeness (QED) is 0.746. The summed E-state index contributed by atoms with van der Waals surface area (Å²) in [6.07, 6.45) is 4.05. The summed E-state index contributed by atoms with van der Waals surface area (Å²) in [4.78, 5) is 0. The average molecular weight is 205 g/mol. The summed E-state index contributed by atoms with van der Waals surface area (Å²) in [7, 11) is -0.990. The molecule has 1 aliphatic rings. The van der Waals surface area contributed by atoms with Crippen molar-refractivity contribution in [3.05, 3.63) is 0 Å². The molecule has 0 radical (unpaired) electrons. The molecule has 1 fully saturated rings. The van der Waals surface area contributed by atoms with Crippen LogP contribution in [0, 0.1) is 0 Å². The van der Waals surface area contributed by atoms with Gasteiger partial charge in [0.15, 0.2) is 9.84 Å². The second-order valence-corrected chi connectivity index (χ2v) is 6.18. The lowest BCUT2D eigenvalue weighted by Crippen LogP contribution is -2.45. The van der Waals surface area contributed by atoms with Gasteiger partial charge in [0.25, 0.3) is 0 Å². The Hall–Kier alpha value is -0.0900. The van der Waals surface area contributed by atoms with Crippen LogP contribution in [-0.2, 0) is 9.84 Å². The molecule has 2 atom stereocenters. The maximum Gasteiger partial charge on any atom is 0.154 e. The lowest BCUT2D eigenvalue weighted by atomic mass is 9.95. The van der Waals surface area contributed by atoms with Gasteiger partial charge in [-0.05, 0) is 19.9 Å². The van der Waals surface area contributed by atoms with E-state index in [9.17, 15) is 8.42 Å². The van der Waals surface area contributed by atoms with E-state index in [1.165, 1.54) is 0 Å². The second kappa shape index (κ2) is 4.42. The predicted molar refractivity (Wildman–Crippen MR) is 54.6 cm³/mol. The molecule has 1 rings (SSSR count). The standard InChI is InChI=1S/C9H19NO2S/c1-3-13(11,12)9-7-5-4-6-8(9)10-2/h8-10H,3-7H2,1-2H3. The Kier molecular flexibility index (Phi) is 3.74. The lowest BCUT2D eigenvalue weighted by Gasteiger charge is -2.30. The molecule has 2 unspecified atom stereocenters. The number of nitrogens with one attached hydrogen (secondary N) is 1. The van der Waals surface area contributed by atoms with E-state index >= 15 is 0 Å². The maximum atomic E-state index is 11.7. The van der Waals surface area contributed by atoms with E-state index in [2.05, 4.69) is 5.32 Å². The molecule has 3 nitrogen and oxygen atoms in total. The summed E-state index contributed by atoms with van der Waals surface area (Å²) >= 11 is 0. The Morgan fingerprint density at radius 2 is 1.92 bits per heavy atom. The minimum Gasteiger partial charge on any atom is -0.316 e. The molecule has 0 bridgehead atoms. The largest absolute Gasteiger partial charge is 0.316 e. The lowest BCUT2D eigenvalue weighted by molar-refractivity contribution is 0.390. The van der Waals surface area contributed by atoms with Gasteiger partial charge in [-0.3, -0.25) is 0 Å². The van der Waals surface area contributed by atoms with Crippen LogP contribution in [0.3, 0.4) is 0 Å². The van der Waals surface area contributed by atoms with Crippen LogP contribution >= 0.6 is 0 Å². The van der Waals surface area contributed by atoms with E-state index in [0.29, 0.717) is 0 Å². The smallest absolute Gasteiger partial charge is 0.154 e. The van der Waals surface area contributed by atoms with Crippen molar-refractivity contribution in [2.45, 2.75) is 43.9 Å². The first-order valence-corrected chi connectivity index (χ1v) is 6.72. The van der Waals surface area contributed by atoms with E-state index in [-0.39, 0.29) is 17.0 Å². The molecule has 0 heterocycles. The minimum atomic E-state index is -2.85. The van der Waals surface area contributed by atoms with Crippen LogP contribution in [0.15, 0.2) is 0 Å². The summed E-state index contributed by atoms with van der Waals surface area (Å²) in [6, 6.07) is 0.179. The summed E-state index contributed by atoms with van der Waals surface area (Å²) in [5, 5.41) is 2.97. The van der Waals surface area contributed by atoms with Crippen LogP contribution < -0.4 is 5.32 Å². The summed E-state index contributed by atoms with van der Waals surface area (Å²) < 4.78 is 23.4. The molecule has 1 aliphatic carbocycles. The number of hydrogen-bond donors (Lipinski definition) is 1. The van der Waals surface area contributed by atoms with Crippen molar-refractivity contribution in [1.29, 1.82) is 0 Å². The van der Waals surface area contributed by atoms with E-state index in [4.69, 9.17) is 0 Å². The van der Waals surface area contributed by atoms with E-state index in [1.54, 1.807) is 6.92 Å². The molecule has 0 aromatic rings. The monoisotopic (exact) mass is 205 g/mol. The summed E-state index contributed by atoms with van der Waals surface area (Å²) in [5.74, 6) is 0.274. The Bertz CT molecular complexity index is 248. The average Bonchev–Trinajstić information content (AvgIpc) is 2.18. The highest BCUT2D eigenvalue weighted by Crippen LogP contribution is 2.24. The van der Waals surface area contributed by atoms with Crippen LogP contribution in [0.4, 0.5) is 0 Å². The first kappa shape index (κ1) is 11.0. The van der Waals surface area contributed by atoms with Gasteiger partial charge in [0, 0.05) is 11.8 Å². The van der Waals surface area contributed by atoms with Crippen LogP contribution in [0.2, 0.25) is 0 Å². The Labute approximate surface area is 80.8 Å². The molecule has 0 aromatic carbocycles. The molecule has 0 spiro atoms. The van der Waals surface area contributed by atoms with Crippen molar-refractivity contribution >= 4 is 9.84 Å². The third-order valence-electron chi connectivity index (χ3n) is 2.94. The van der Waals surface area contributed by atoms with Gasteiger partial charge in [-0.15, -0.1) is 0 Å². The van der Waals surface area contributed by atoms with Crippen LogP contribution in [-0.4, -0.2) is 32.5 Å². The van der Waals surface area contributed by atoms with Crippen LogP contribution in [0.1, 0.15) is 32.6 Å². The number of sulfone groups is 1. The fourth-order valence-corrected chi connectivity index (χ4v) is 3.80. The fourth-order valence-electron chi connectivity index (χ4n) is 2.07. The molecule has 0 aliphatic heterocycles. The minimum absolute atomic E-state index is 0.142. The Balaban J connectivity index is 2.75. The highest BCUT2D eigenvalue weighted by atomic mass is 32.2. The molecule has 1 saturated carbocycles. The Morgan fingerprint density at radius 3 is 2.46 bits per heavy atom. The molecule has 1 N–H and O–H groups in total. The van der Waals surface area contributed by atoms with Crippen LogP contribution in [0.25, 0.3) is 0 Å². The zero-order valence-electron chi connectivity index (χ0n) is 8.41. The zero-order chi connectivity index (χ0) is 9.90. The normalized spacial score (nSPS) is 30.3. The van der Waals surface area contributed by atoms with Crippen molar-refractivity contribution in [1.82, 2.24) is 5.32 Å².